The zero-order valence-electron chi connectivity index (χ0n) is 21.4. The van der Waals surface area contributed by atoms with E-state index in [1.807, 2.05) is 6.92 Å². The number of allylic oxidation sites excluding steroid dienone is 1. The second kappa shape index (κ2) is 10.3. The second-order valence-corrected chi connectivity index (χ2v) is 10.3. The number of nitrogens with one attached hydrogen (secondary N) is 1. The van der Waals surface area contributed by atoms with E-state index in [1.54, 1.807) is 0 Å². The first-order chi connectivity index (χ1) is 18.1. The zero-order valence-corrected chi connectivity index (χ0v) is 21.4. The smallest absolute Gasteiger partial charge is 0.226 e. The van der Waals surface area contributed by atoms with Crippen molar-refractivity contribution in [1.82, 2.24) is 14.9 Å². The van der Waals surface area contributed by atoms with Gasteiger partial charge in [0.25, 0.3) is 0 Å². The van der Waals surface area contributed by atoms with E-state index in [0.717, 1.165) is 78.1 Å². The summed E-state index contributed by atoms with van der Waals surface area (Å²) in [5.74, 6) is 2.66. The highest BCUT2D eigenvalue weighted by Gasteiger charge is 2.24. The highest BCUT2D eigenvalue weighted by atomic mass is 16.5. The van der Waals surface area contributed by atoms with E-state index < -0.39 is 0 Å². The van der Waals surface area contributed by atoms with Crippen LogP contribution in [0.15, 0.2) is 78.4 Å². The van der Waals surface area contributed by atoms with Crippen LogP contribution >= 0.6 is 0 Å². The molecule has 37 heavy (non-hydrogen) atoms. The predicted octanol–water partition coefficient (Wildman–Crippen LogP) is 6.59. The number of carbonyl (C=O) groups is 1. The average Bonchev–Trinajstić information content (AvgIpc) is 3.30. The number of carbonyl (C=O) groups excluding carboxylic acids is 1. The Kier molecular flexibility index (Phi) is 6.52. The number of aromatic nitrogens is 2. The number of benzene rings is 3. The van der Waals surface area contributed by atoms with Crippen LogP contribution in [-0.4, -0.2) is 40.5 Å². The molecule has 1 aromatic heterocycles. The number of imidazole rings is 1. The first-order valence-electron chi connectivity index (χ1n) is 13.4. The van der Waals surface area contributed by atoms with Crippen LogP contribution in [0.4, 0.5) is 0 Å². The normalized spacial score (nSPS) is 17.9. The number of amides is 1. The predicted molar refractivity (Wildman–Crippen MR) is 148 cm³/mol. The molecule has 0 bridgehead atoms. The molecule has 0 radical (unpaired) electrons. The maximum Gasteiger partial charge on any atom is 0.226 e. The summed E-state index contributed by atoms with van der Waals surface area (Å²) in [5, 5.41) is 0. The summed E-state index contributed by atoms with van der Waals surface area (Å²) in [6, 6.07) is 23.5. The van der Waals surface area contributed by atoms with Crippen molar-refractivity contribution < 1.29 is 9.53 Å². The summed E-state index contributed by atoms with van der Waals surface area (Å²) in [4.78, 5) is 23.0. The van der Waals surface area contributed by atoms with Gasteiger partial charge < -0.3 is 14.6 Å². The van der Waals surface area contributed by atoms with Gasteiger partial charge in [0, 0.05) is 25.9 Å². The van der Waals surface area contributed by atoms with Crippen molar-refractivity contribution in [2.24, 2.45) is 0 Å². The fourth-order valence-corrected chi connectivity index (χ4v) is 5.68. The Morgan fingerprint density at radius 3 is 2.65 bits per heavy atom. The standard InChI is InChI=1S/C32H33N3O2/c1-22-33-29-11-9-27(21-30(29)34-22)26-10-12-31-28(20-26)8-7-23(15-18-37-31)19-32(36)35-16-13-25(14-17-35)24-5-3-2-4-6-24/h2-7,9-12,20-21,25H,8,13-19H2,1H3,(H,33,34)/b23-7+. The van der Waals surface area contributed by atoms with Crippen molar-refractivity contribution in [2.45, 2.75) is 44.9 Å². The zero-order chi connectivity index (χ0) is 25.2. The molecule has 3 aromatic carbocycles. The number of aryl methyl sites for hydroxylation is 1. The summed E-state index contributed by atoms with van der Waals surface area (Å²) in [5.41, 5.74) is 8.08. The summed E-state index contributed by atoms with van der Waals surface area (Å²) in [6.07, 6.45) is 6.39. The number of nitrogens with zero attached hydrogens (tertiary/aromatic N) is 2. The molecule has 188 valence electrons. The molecule has 1 N–H and O–H groups in total. The van der Waals surface area contributed by atoms with Crippen molar-refractivity contribution >= 4 is 16.9 Å². The summed E-state index contributed by atoms with van der Waals surface area (Å²) in [7, 11) is 0. The van der Waals surface area contributed by atoms with Gasteiger partial charge in [0.15, 0.2) is 0 Å². The molecular formula is C32H33N3O2. The largest absolute Gasteiger partial charge is 0.493 e. The van der Waals surface area contributed by atoms with Gasteiger partial charge in [-0.3, -0.25) is 4.79 Å². The van der Waals surface area contributed by atoms with Gasteiger partial charge in [0.2, 0.25) is 5.91 Å². The van der Waals surface area contributed by atoms with Crippen molar-refractivity contribution in [2.75, 3.05) is 19.7 Å². The number of ether oxygens (including phenoxy) is 1. The fraction of sp³-hybridized carbons (Fsp3) is 0.312. The maximum absolute atomic E-state index is 13.1. The number of H-pyrrole nitrogens is 1. The quantitative estimate of drug-likeness (QED) is 0.328. The summed E-state index contributed by atoms with van der Waals surface area (Å²) in [6.45, 7) is 4.26. The van der Waals surface area contributed by atoms with Gasteiger partial charge in [-0.15, -0.1) is 0 Å². The molecule has 3 heterocycles. The van der Waals surface area contributed by atoms with E-state index in [-0.39, 0.29) is 5.91 Å². The van der Waals surface area contributed by atoms with Gasteiger partial charge in [0.05, 0.1) is 17.6 Å². The van der Waals surface area contributed by atoms with Crippen LogP contribution in [0.25, 0.3) is 22.2 Å². The lowest BCUT2D eigenvalue weighted by Crippen LogP contribution is -2.38. The van der Waals surface area contributed by atoms with E-state index in [0.29, 0.717) is 18.9 Å². The monoisotopic (exact) mass is 491 g/mol. The van der Waals surface area contributed by atoms with Crippen LogP contribution in [0.5, 0.6) is 5.75 Å². The van der Waals surface area contributed by atoms with Gasteiger partial charge >= 0.3 is 0 Å². The highest BCUT2D eigenvalue weighted by molar-refractivity contribution is 5.82. The molecule has 1 saturated heterocycles. The third-order valence-corrected chi connectivity index (χ3v) is 7.78. The molecule has 0 saturated carbocycles. The lowest BCUT2D eigenvalue weighted by Gasteiger charge is -2.32. The van der Waals surface area contributed by atoms with E-state index >= 15 is 0 Å². The Morgan fingerprint density at radius 2 is 1.81 bits per heavy atom. The number of rotatable bonds is 4. The summed E-state index contributed by atoms with van der Waals surface area (Å²) >= 11 is 0. The van der Waals surface area contributed by atoms with Gasteiger partial charge in [-0.05, 0) is 78.6 Å². The number of piperidine rings is 1. The van der Waals surface area contributed by atoms with E-state index in [9.17, 15) is 4.79 Å². The Morgan fingerprint density at radius 1 is 1.03 bits per heavy atom. The summed E-state index contributed by atoms with van der Waals surface area (Å²) < 4.78 is 6.13. The molecule has 1 fully saturated rings. The first kappa shape index (κ1) is 23.5. The van der Waals surface area contributed by atoms with Crippen molar-refractivity contribution in [3.63, 3.8) is 0 Å². The second-order valence-electron chi connectivity index (χ2n) is 10.3. The van der Waals surface area contributed by atoms with Crippen LogP contribution < -0.4 is 4.74 Å². The van der Waals surface area contributed by atoms with Crippen LogP contribution in [0.2, 0.25) is 0 Å². The topological polar surface area (TPSA) is 58.2 Å². The minimum Gasteiger partial charge on any atom is -0.493 e. The minimum atomic E-state index is 0.246. The SMILES string of the molecule is Cc1nc2ccc(-c3ccc4c(c3)C/C=C(/CC(=O)N3CCC(c5ccccc5)CC3)CCO4)cc2[nH]1. The van der Waals surface area contributed by atoms with Crippen LogP contribution in [0, 0.1) is 6.92 Å². The molecule has 0 unspecified atom stereocenters. The van der Waals surface area contributed by atoms with Crippen molar-refractivity contribution in [1.29, 1.82) is 0 Å². The molecule has 2 aliphatic heterocycles. The fourth-order valence-electron chi connectivity index (χ4n) is 5.68. The van der Waals surface area contributed by atoms with Gasteiger partial charge in [-0.1, -0.05) is 54.1 Å². The van der Waals surface area contributed by atoms with Crippen LogP contribution in [-0.2, 0) is 11.2 Å². The molecule has 0 spiro atoms. The molecular weight excluding hydrogens is 458 g/mol. The van der Waals surface area contributed by atoms with Crippen LogP contribution in [0.1, 0.15) is 48.6 Å². The Bertz CT molecular complexity index is 1450. The highest BCUT2D eigenvalue weighted by Crippen LogP contribution is 2.32. The van der Waals surface area contributed by atoms with E-state index in [1.165, 1.54) is 11.1 Å². The number of likely N-dealkylation sites (tertiary alicyclic amines) is 1. The molecule has 1 amide bonds. The van der Waals surface area contributed by atoms with E-state index in [4.69, 9.17) is 4.74 Å². The lowest BCUT2D eigenvalue weighted by molar-refractivity contribution is -0.131. The Labute approximate surface area is 218 Å². The third kappa shape index (κ3) is 5.17. The Hall–Kier alpha value is -3.86. The first-order valence-corrected chi connectivity index (χ1v) is 13.4. The number of aromatic amines is 1. The number of fused-ring (bicyclic) bond motifs is 2. The third-order valence-electron chi connectivity index (χ3n) is 7.78. The van der Waals surface area contributed by atoms with Crippen molar-refractivity contribution in [3.8, 4) is 16.9 Å². The van der Waals surface area contributed by atoms with Crippen LogP contribution in [0.3, 0.4) is 0 Å². The molecule has 2 aliphatic rings. The average molecular weight is 492 g/mol. The Balaban J connectivity index is 1.12. The van der Waals surface area contributed by atoms with E-state index in [2.05, 4.69) is 87.7 Å². The maximum atomic E-state index is 13.1. The molecule has 5 heteroatoms. The van der Waals surface area contributed by atoms with Gasteiger partial charge in [-0.2, -0.15) is 0 Å². The lowest BCUT2D eigenvalue weighted by atomic mass is 9.89. The molecule has 4 aromatic rings. The van der Waals surface area contributed by atoms with Gasteiger partial charge in [-0.25, -0.2) is 4.98 Å². The number of hydrogen-bond donors (Lipinski definition) is 1. The molecule has 0 aliphatic carbocycles. The van der Waals surface area contributed by atoms with Crippen molar-refractivity contribution in [3.05, 3.63) is 95.3 Å². The molecule has 5 nitrogen and oxygen atoms in total. The van der Waals surface area contributed by atoms with Gasteiger partial charge in [0.1, 0.15) is 11.6 Å². The molecule has 6 rings (SSSR count). The molecule has 0 atom stereocenters. The number of hydrogen-bond acceptors (Lipinski definition) is 3. The minimum absolute atomic E-state index is 0.246.